The monoisotopic (exact) mass is 497 g/mol. The van der Waals surface area contributed by atoms with E-state index in [1.54, 1.807) is 11.5 Å². The van der Waals surface area contributed by atoms with Crippen molar-refractivity contribution < 1.29 is 29.5 Å². The van der Waals surface area contributed by atoms with Crippen LogP contribution in [0.2, 0.25) is 11.5 Å². The van der Waals surface area contributed by atoms with Crippen molar-refractivity contribution in [3.8, 4) is 0 Å². The summed E-state index contributed by atoms with van der Waals surface area (Å²) in [5.74, 6) is 4.45. The molecule has 0 aromatic carbocycles. The van der Waals surface area contributed by atoms with Gasteiger partial charge >= 0.3 is 158 Å². The third-order valence-corrected chi connectivity index (χ3v) is 53.0. The Morgan fingerprint density at radius 2 is 1.32 bits per heavy atom. The van der Waals surface area contributed by atoms with Crippen LogP contribution in [0.25, 0.3) is 0 Å². The van der Waals surface area contributed by atoms with Gasteiger partial charge in [-0.05, 0) is 0 Å². The van der Waals surface area contributed by atoms with Gasteiger partial charge in [0.1, 0.15) is 0 Å². The van der Waals surface area contributed by atoms with Gasteiger partial charge in [-0.2, -0.15) is 0 Å². The van der Waals surface area contributed by atoms with Gasteiger partial charge in [0.15, 0.2) is 0 Å². The Morgan fingerprint density at radius 1 is 0.920 bits per heavy atom. The molecule has 0 aromatic rings. The molecule has 0 atom stereocenters. The summed E-state index contributed by atoms with van der Waals surface area (Å²) in [6.07, 6.45) is 6.76. The maximum absolute atomic E-state index is 16.2. The van der Waals surface area contributed by atoms with Crippen LogP contribution < -0.4 is 0 Å². The Kier molecular flexibility index (Phi) is 8.81. The molecule has 1 aliphatic carbocycles. The molecule has 1 rings (SSSR count). The number of allylic oxidation sites excluding steroid dienone is 4. The molecule has 0 heterocycles. The molecule has 0 saturated heterocycles. The summed E-state index contributed by atoms with van der Waals surface area (Å²) >= 11 is -5.16. The van der Waals surface area contributed by atoms with Crippen LogP contribution in [0.4, 0.5) is 3.50 Å². The van der Waals surface area contributed by atoms with E-state index in [0.29, 0.717) is 44.0 Å². The summed E-state index contributed by atoms with van der Waals surface area (Å²) in [4.78, 5) is 0. The molecule has 0 fully saturated rings. The van der Waals surface area contributed by atoms with E-state index in [4.69, 9.17) is 8.44 Å². The van der Waals surface area contributed by atoms with E-state index in [-0.39, 0.29) is 0 Å². The molecule has 0 spiro atoms. The molecule has 6 heteroatoms. The van der Waals surface area contributed by atoms with Crippen molar-refractivity contribution in [3.05, 3.63) is 21.5 Å². The van der Waals surface area contributed by atoms with Crippen molar-refractivity contribution in [1.82, 2.24) is 0 Å². The summed E-state index contributed by atoms with van der Waals surface area (Å²) in [6, 6.07) is 0. The third-order valence-electron chi connectivity index (χ3n) is 4.39. The van der Waals surface area contributed by atoms with E-state index in [2.05, 4.69) is 47.6 Å². The van der Waals surface area contributed by atoms with E-state index in [1.807, 2.05) is 12.2 Å². The van der Waals surface area contributed by atoms with Gasteiger partial charge in [-0.15, -0.1) is 0 Å². The van der Waals surface area contributed by atoms with E-state index in [9.17, 15) is 0 Å². The van der Waals surface area contributed by atoms with Crippen LogP contribution in [0.5, 0.6) is 0 Å². The Morgan fingerprint density at radius 3 is 1.56 bits per heavy atom. The fraction of sp³-hybridized carbons (Fsp3) is 0.789. The molecule has 0 radical (unpaired) electrons. The van der Waals surface area contributed by atoms with Crippen molar-refractivity contribution in [2.24, 2.45) is 17.8 Å². The van der Waals surface area contributed by atoms with E-state index < -0.39 is 27.5 Å². The minimum atomic E-state index is -5.16. The van der Waals surface area contributed by atoms with Crippen molar-refractivity contribution in [1.29, 1.82) is 0 Å². The molecule has 25 heavy (non-hydrogen) atoms. The average molecular weight is 497 g/mol. The van der Waals surface area contributed by atoms with Crippen molar-refractivity contribution in [2.45, 2.75) is 59.5 Å². The van der Waals surface area contributed by atoms with Crippen LogP contribution in [-0.2, 0) is 26.0 Å². The summed E-state index contributed by atoms with van der Waals surface area (Å²) in [7, 11) is -4.03. The minimum absolute atomic E-state index is 0.304. The van der Waals surface area contributed by atoms with Crippen LogP contribution >= 0.6 is 0 Å². The Bertz CT molecular complexity index is 461. The van der Waals surface area contributed by atoms with Gasteiger partial charge in [-0.1, -0.05) is 0 Å². The predicted molar refractivity (Wildman–Crippen MR) is 103 cm³/mol. The molecule has 0 N–H and O–H groups in total. The summed E-state index contributed by atoms with van der Waals surface area (Å²) in [5, 5.41) is 0. The first-order valence-electron chi connectivity index (χ1n) is 9.57. The number of rotatable bonds is 11. The molecule has 147 valence electrons. The Hall–Kier alpha value is 0.716. The molecule has 0 amide bonds. The second-order valence-corrected chi connectivity index (χ2v) is 49.5. The number of hydrogen-bond acceptors (Lipinski definition) is 3. The van der Waals surface area contributed by atoms with Crippen LogP contribution in [0.3, 0.4) is 0 Å². The maximum atomic E-state index is 16.2. The van der Waals surface area contributed by atoms with Gasteiger partial charge < -0.3 is 0 Å². The Labute approximate surface area is 157 Å². The fourth-order valence-corrected chi connectivity index (χ4v) is 43.9. The standard InChI is InChI=1S/C5H5.3C4H9O.C2H6FGe.Zr/c1-2-4-5-3-1;3*1-4(2)3-5;1-4(2)3;/h1-3H,4H2;3*4H,3H2,1-2H3;1-2H3;/q;3*-1;;+3. The zero-order valence-corrected chi connectivity index (χ0v) is 22.0. The van der Waals surface area contributed by atoms with Crippen molar-refractivity contribution in [2.75, 3.05) is 19.8 Å². The Balaban J connectivity index is 3.51. The zero-order chi connectivity index (χ0) is 19.3. The van der Waals surface area contributed by atoms with Crippen molar-refractivity contribution in [3.63, 3.8) is 0 Å². The van der Waals surface area contributed by atoms with Gasteiger partial charge in [-0.25, -0.2) is 0 Å². The van der Waals surface area contributed by atoms with Crippen LogP contribution in [-0.4, -0.2) is 29.8 Å². The second kappa shape index (κ2) is 9.27. The molecular formula is C19H38FGeO3Zr. The van der Waals surface area contributed by atoms with Crippen LogP contribution in [0.15, 0.2) is 21.5 Å². The first-order valence-corrected chi connectivity index (χ1v) is 26.2. The second-order valence-electron chi connectivity index (χ2n) is 8.90. The third kappa shape index (κ3) is 5.37. The average Bonchev–Trinajstić information content (AvgIpc) is 3.00. The van der Waals surface area contributed by atoms with E-state index >= 15 is 3.50 Å². The van der Waals surface area contributed by atoms with Gasteiger partial charge in [-0.3, -0.25) is 0 Å². The topological polar surface area (TPSA) is 27.7 Å². The summed E-state index contributed by atoms with van der Waals surface area (Å²) in [5.41, 5.74) is 0. The normalized spacial score (nSPS) is 17.4. The number of hydrogen-bond donors (Lipinski definition) is 0. The predicted octanol–water partition coefficient (Wildman–Crippen LogP) is 5.95. The molecule has 0 bridgehead atoms. The summed E-state index contributed by atoms with van der Waals surface area (Å²) in [6.45, 7) is 14.0. The quantitative estimate of drug-likeness (QED) is 0.330. The van der Waals surface area contributed by atoms with Gasteiger partial charge in [0.2, 0.25) is 0 Å². The molecule has 3 nitrogen and oxygen atoms in total. The molecule has 0 aliphatic heterocycles. The molecule has 0 aromatic heterocycles. The van der Waals surface area contributed by atoms with Gasteiger partial charge in [0.05, 0.1) is 0 Å². The first-order chi connectivity index (χ1) is 11.4. The fourth-order valence-electron chi connectivity index (χ4n) is 3.02. The molecular weight excluding hydrogens is 459 g/mol. The van der Waals surface area contributed by atoms with Gasteiger partial charge in [0, 0.05) is 0 Å². The van der Waals surface area contributed by atoms with E-state index in [0.717, 1.165) is 3.28 Å². The SMILES string of the molecule is CC(C)C[O][Zr]([O]CC(C)C)([O]CC(C)C)([C]1=CC=CC1)[Ge]([CH3])([CH3])[F]. The molecule has 1 aliphatic rings. The zero-order valence-electron chi connectivity index (χ0n) is 17.4. The number of halogens is 1. The first kappa shape index (κ1) is 23.8. The summed E-state index contributed by atoms with van der Waals surface area (Å²) < 4.78 is 37.0. The van der Waals surface area contributed by atoms with Crippen molar-refractivity contribution >= 4 is 9.94 Å². The molecule has 0 unspecified atom stereocenters. The molecule has 0 saturated carbocycles. The van der Waals surface area contributed by atoms with E-state index in [1.165, 1.54) is 0 Å². The van der Waals surface area contributed by atoms with Crippen LogP contribution in [0.1, 0.15) is 48.0 Å². The van der Waals surface area contributed by atoms with Crippen LogP contribution in [0, 0.1) is 17.8 Å². The van der Waals surface area contributed by atoms with Gasteiger partial charge in [0.25, 0.3) is 0 Å².